The smallest absolute Gasteiger partial charge is 0.335 e. The summed E-state index contributed by atoms with van der Waals surface area (Å²) in [7, 11) is 1.57. The monoisotopic (exact) mass is 431 g/mol. The number of benzene rings is 2. The van der Waals surface area contributed by atoms with Crippen LogP contribution < -0.4 is 9.64 Å². The van der Waals surface area contributed by atoms with Crippen LogP contribution in [0.3, 0.4) is 0 Å². The van der Waals surface area contributed by atoms with Gasteiger partial charge in [0.2, 0.25) is 0 Å². The molecule has 1 atom stereocenters. The minimum Gasteiger partial charge on any atom is -0.510 e. The predicted molar refractivity (Wildman–Crippen MR) is 116 cm³/mol. The normalized spacial score (nSPS) is 16.4. The van der Waals surface area contributed by atoms with E-state index < -0.39 is 12.0 Å². The summed E-state index contributed by atoms with van der Waals surface area (Å²) in [6.45, 7) is 1.28. The summed E-state index contributed by atoms with van der Waals surface area (Å²) in [6.07, 6.45) is 1.63. The maximum atomic E-state index is 11.5. The van der Waals surface area contributed by atoms with Gasteiger partial charge in [-0.15, -0.1) is 0 Å². The Morgan fingerprint density at radius 1 is 1.23 bits per heavy atom. The summed E-state index contributed by atoms with van der Waals surface area (Å²) in [5, 5.41) is 20.7. The third-order valence-corrected chi connectivity index (χ3v) is 5.53. The van der Waals surface area contributed by atoms with Gasteiger partial charge >= 0.3 is 5.97 Å². The Morgan fingerprint density at radius 3 is 2.70 bits per heavy atom. The van der Waals surface area contributed by atoms with Crippen molar-refractivity contribution in [2.45, 2.75) is 31.9 Å². The van der Waals surface area contributed by atoms with Crippen LogP contribution >= 0.6 is 11.6 Å². The van der Waals surface area contributed by atoms with Gasteiger partial charge in [-0.25, -0.2) is 4.79 Å². The zero-order valence-corrected chi connectivity index (χ0v) is 17.6. The fraction of sp³-hybridized carbons (Fsp3) is 0.348. The highest BCUT2D eigenvalue weighted by Gasteiger charge is 2.32. The summed E-state index contributed by atoms with van der Waals surface area (Å²) in [4.78, 5) is 13.5. The summed E-state index contributed by atoms with van der Waals surface area (Å²) in [5.41, 5.74) is 1.79. The second-order valence-corrected chi connectivity index (χ2v) is 7.53. The van der Waals surface area contributed by atoms with Crippen LogP contribution in [-0.4, -0.2) is 42.5 Å². The van der Waals surface area contributed by atoms with Crippen molar-refractivity contribution in [3.63, 3.8) is 0 Å². The summed E-state index contributed by atoms with van der Waals surface area (Å²) in [6, 6.07) is 14.6. The maximum absolute atomic E-state index is 11.5. The largest absolute Gasteiger partial charge is 0.510 e. The van der Waals surface area contributed by atoms with E-state index in [1.54, 1.807) is 25.3 Å². The maximum Gasteiger partial charge on any atom is 0.335 e. The number of ether oxygens (including phenoxy) is 2. The van der Waals surface area contributed by atoms with Crippen LogP contribution in [0.2, 0.25) is 5.02 Å². The quantitative estimate of drug-likeness (QED) is 0.554. The lowest BCUT2D eigenvalue weighted by Crippen LogP contribution is -2.41. The van der Waals surface area contributed by atoms with Gasteiger partial charge in [-0.2, -0.15) is 0 Å². The number of hydrogen-bond acceptors (Lipinski definition) is 5. The first-order chi connectivity index (χ1) is 14.5. The molecule has 0 amide bonds. The molecule has 1 aliphatic rings. The van der Waals surface area contributed by atoms with E-state index in [1.165, 1.54) is 0 Å². The number of carboxylic acids is 1. The first kappa shape index (κ1) is 22.0. The Bertz CT molecular complexity index is 900. The number of methoxy groups -OCH3 is 1. The number of hydrogen-bond donors (Lipinski definition) is 2. The van der Waals surface area contributed by atoms with Gasteiger partial charge in [-0.05, 0) is 37.0 Å². The van der Waals surface area contributed by atoms with Crippen LogP contribution in [0.15, 0.2) is 59.9 Å². The Morgan fingerprint density at radius 2 is 2.00 bits per heavy atom. The van der Waals surface area contributed by atoms with Gasteiger partial charge < -0.3 is 24.6 Å². The van der Waals surface area contributed by atoms with Crippen LogP contribution in [0.1, 0.15) is 24.8 Å². The number of carbonyl (C=O) groups is 1. The third kappa shape index (κ3) is 5.26. The molecule has 3 rings (SSSR count). The molecule has 1 aliphatic carbocycles. The van der Waals surface area contributed by atoms with Crippen LogP contribution in [0, 0.1) is 0 Å². The summed E-state index contributed by atoms with van der Waals surface area (Å²) < 4.78 is 11.2. The van der Waals surface area contributed by atoms with E-state index in [2.05, 4.69) is 0 Å². The average molecular weight is 432 g/mol. The zero-order chi connectivity index (χ0) is 21.5. The molecule has 2 aromatic carbocycles. The molecule has 0 saturated carbocycles. The molecule has 7 heteroatoms. The topological polar surface area (TPSA) is 79.2 Å². The predicted octanol–water partition coefficient (Wildman–Crippen LogP) is 4.82. The average Bonchev–Trinajstić information content (AvgIpc) is 2.75. The fourth-order valence-corrected chi connectivity index (χ4v) is 3.90. The van der Waals surface area contributed by atoms with Gasteiger partial charge in [-0.1, -0.05) is 41.9 Å². The lowest BCUT2D eigenvalue weighted by molar-refractivity contribution is -0.133. The van der Waals surface area contributed by atoms with E-state index in [-0.39, 0.29) is 11.3 Å². The highest BCUT2D eigenvalue weighted by atomic mass is 35.5. The van der Waals surface area contributed by atoms with Crippen molar-refractivity contribution < 1.29 is 24.5 Å². The van der Waals surface area contributed by atoms with Crippen molar-refractivity contribution in [3.05, 3.63) is 70.4 Å². The van der Waals surface area contributed by atoms with Gasteiger partial charge in [0.25, 0.3) is 0 Å². The van der Waals surface area contributed by atoms with Crippen LogP contribution in [-0.2, 0) is 16.1 Å². The van der Waals surface area contributed by atoms with Crippen molar-refractivity contribution in [2.24, 2.45) is 0 Å². The minimum atomic E-state index is -1.09. The Labute approximate surface area is 181 Å². The van der Waals surface area contributed by atoms with E-state index in [0.29, 0.717) is 55.5 Å². The van der Waals surface area contributed by atoms with Crippen molar-refractivity contribution in [1.29, 1.82) is 0 Å². The van der Waals surface area contributed by atoms with E-state index in [9.17, 15) is 15.0 Å². The fourth-order valence-electron chi connectivity index (χ4n) is 3.67. The molecular weight excluding hydrogens is 406 g/mol. The highest BCUT2D eigenvalue weighted by molar-refractivity contribution is 6.33. The molecule has 2 aromatic rings. The molecule has 0 fully saturated rings. The number of rotatable bonds is 9. The van der Waals surface area contributed by atoms with Gasteiger partial charge in [-0.3, -0.25) is 0 Å². The molecular formula is C23H26ClNO5. The van der Waals surface area contributed by atoms with Gasteiger partial charge in [0.15, 0.2) is 0 Å². The molecule has 0 aromatic heterocycles. The molecule has 1 unspecified atom stereocenters. The molecule has 0 aliphatic heterocycles. The SMILES string of the molecule is COc1ccc(Cl)c(N(CCOCc2ccccc2)C2CCCC(C(=O)O)=C2O)c1. The van der Waals surface area contributed by atoms with Gasteiger partial charge in [0, 0.05) is 12.6 Å². The molecule has 0 saturated heterocycles. The Kier molecular flexibility index (Phi) is 7.60. The lowest BCUT2D eigenvalue weighted by Gasteiger charge is -2.36. The standard InChI is InChI=1S/C23H26ClNO5/c1-29-17-10-11-19(24)21(14-17)25(12-13-30-15-16-6-3-2-4-7-16)20-9-5-8-18(22(20)26)23(27)28/h2-4,6-7,10-11,14,20,26H,5,8-9,12-13,15H2,1H3,(H,27,28). The number of aliphatic carboxylic acids is 1. The number of aliphatic hydroxyl groups excluding tert-OH is 1. The number of anilines is 1. The molecule has 0 radical (unpaired) electrons. The molecule has 0 spiro atoms. The van der Waals surface area contributed by atoms with Crippen molar-refractivity contribution in [1.82, 2.24) is 0 Å². The Hall–Kier alpha value is -2.70. The molecule has 2 N–H and O–H groups in total. The van der Waals surface area contributed by atoms with E-state index in [0.717, 1.165) is 5.56 Å². The number of nitrogens with zero attached hydrogens (tertiary/aromatic N) is 1. The summed E-state index contributed by atoms with van der Waals surface area (Å²) >= 11 is 6.47. The highest BCUT2D eigenvalue weighted by Crippen LogP contribution is 2.36. The van der Waals surface area contributed by atoms with Crippen LogP contribution in [0.4, 0.5) is 5.69 Å². The van der Waals surface area contributed by atoms with E-state index in [4.69, 9.17) is 21.1 Å². The third-order valence-electron chi connectivity index (χ3n) is 5.21. The number of carboxylic acid groups (broad SMARTS) is 1. The lowest BCUT2D eigenvalue weighted by atomic mass is 9.92. The van der Waals surface area contributed by atoms with Crippen molar-refractivity contribution in [2.75, 3.05) is 25.2 Å². The summed E-state index contributed by atoms with van der Waals surface area (Å²) in [5.74, 6) is -0.577. The van der Waals surface area contributed by atoms with Crippen LogP contribution in [0.25, 0.3) is 0 Å². The second-order valence-electron chi connectivity index (χ2n) is 7.13. The zero-order valence-electron chi connectivity index (χ0n) is 16.9. The van der Waals surface area contributed by atoms with Crippen molar-refractivity contribution >= 4 is 23.3 Å². The number of aliphatic hydroxyl groups is 1. The van der Waals surface area contributed by atoms with E-state index >= 15 is 0 Å². The molecule has 6 nitrogen and oxygen atoms in total. The second kappa shape index (κ2) is 10.4. The minimum absolute atomic E-state index is 0.0560. The van der Waals surface area contributed by atoms with Crippen LogP contribution in [0.5, 0.6) is 5.75 Å². The molecule has 0 bridgehead atoms. The number of halogens is 1. The van der Waals surface area contributed by atoms with Gasteiger partial charge in [0.1, 0.15) is 11.5 Å². The van der Waals surface area contributed by atoms with E-state index in [1.807, 2.05) is 35.2 Å². The first-order valence-corrected chi connectivity index (χ1v) is 10.3. The molecule has 0 heterocycles. The van der Waals surface area contributed by atoms with Gasteiger partial charge in [0.05, 0.1) is 42.6 Å². The first-order valence-electron chi connectivity index (χ1n) is 9.88. The Balaban J connectivity index is 1.83. The van der Waals surface area contributed by atoms with Crippen molar-refractivity contribution in [3.8, 4) is 5.75 Å². The molecule has 160 valence electrons. The molecule has 30 heavy (non-hydrogen) atoms.